The molecule has 0 bridgehead atoms. The van der Waals surface area contributed by atoms with Crippen LogP contribution >= 0.6 is 0 Å². The first-order valence-corrected chi connectivity index (χ1v) is 6.21. The number of nitrogen functional groups attached to an aromatic ring is 1. The number of rotatable bonds is 5. The van der Waals surface area contributed by atoms with Gasteiger partial charge in [0.2, 0.25) is 5.91 Å². The molecule has 0 unspecified atom stereocenters. The van der Waals surface area contributed by atoms with Gasteiger partial charge >= 0.3 is 0 Å². The topological polar surface area (TPSA) is 75.4 Å². The third-order valence-electron chi connectivity index (χ3n) is 2.69. The Balaban J connectivity index is 2.97. The molecule has 110 valence electrons. The molecule has 20 heavy (non-hydrogen) atoms. The smallest absolute Gasteiger partial charge is 0.257 e. The second kappa shape index (κ2) is 6.83. The highest BCUT2D eigenvalue weighted by Gasteiger charge is 2.21. The second-order valence-corrected chi connectivity index (χ2v) is 4.13. The molecule has 0 atom stereocenters. The molecule has 0 aliphatic heterocycles. The van der Waals surface area contributed by atoms with Gasteiger partial charge in [0.1, 0.15) is 11.6 Å². The summed E-state index contributed by atoms with van der Waals surface area (Å²) in [6.45, 7) is 3.85. The predicted octanol–water partition coefficient (Wildman–Crippen LogP) is 1.15. The number of benzene rings is 1. The van der Waals surface area contributed by atoms with E-state index < -0.39 is 17.5 Å². The molecule has 7 heteroatoms. The highest BCUT2D eigenvalue weighted by Crippen LogP contribution is 2.18. The first kappa shape index (κ1) is 15.9. The summed E-state index contributed by atoms with van der Waals surface area (Å²) in [5.74, 6) is -2.98. The summed E-state index contributed by atoms with van der Waals surface area (Å²) in [7, 11) is 0. The van der Waals surface area contributed by atoms with E-state index in [1.807, 2.05) is 0 Å². The fourth-order valence-electron chi connectivity index (χ4n) is 1.65. The van der Waals surface area contributed by atoms with Gasteiger partial charge in [-0.1, -0.05) is 0 Å². The lowest BCUT2D eigenvalue weighted by molar-refractivity contribution is -0.121. The van der Waals surface area contributed by atoms with E-state index in [1.54, 1.807) is 13.8 Å². The molecule has 0 aromatic heterocycles. The molecule has 0 saturated heterocycles. The van der Waals surface area contributed by atoms with Crippen LogP contribution in [0.1, 0.15) is 24.2 Å². The molecule has 1 aromatic rings. The Morgan fingerprint density at radius 3 is 2.45 bits per heavy atom. The number of carbonyl (C=O) groups is 2. The van der Waals surface area contributed by atoms with Crippen molar-refractivity contribution in [3.05, 3.63) is 29.3 Å². The highest BCUT2D eigenvalue weighted by molar-refractivity contribution is 5.97. The molecule has 1 rings (SSSR count). The summed E-state index contributed by atoms with van der Waals surface area (Å²) in [6, 6.07) is 1.50. The van der Waals surface area contributed by atoms with E-state index in [2.05, 4.69) is 5.32 Å². The van der Waals surface area contributed by atoms with Crippen LogP contribution in [0.2, 0.25) is 0 Å². The maximum Gasteiger partial charge on any atom is 0.257 e. The van der Waals surface area contributed by atoms with Crippen LogP contribution in [0, 0.1) is 11.6 Å². The number of amides is 2. The van der Waals surface area contributed by atoms with E-state index in [1.165, 1.54) is 0 Å². The predicted molar refractivity (Wildman–Crippen MR) is 71.0 cm³/mol. The summed E-state index contributed by atoms with van der Waals surface area (Å²) in [5.41, 5.74) is 4.66. The molecule has 0 aliphatic rings. The van der Waals surface area contributed by atoms with Gasteiger partial charge in [0.15, 0.2) is 0 Å². The van der Waals surface area contributed by atoms with Crippen molar-refractivity contribution in [3.63, 3.8) is 0 Å². The lowest BCUT2D eigenvalue weighted by Crippen LogP contribution is -2.40. The minimum Gasteiger partial charge on any atom is -0.396 e. The van der Waals surface area contributed by atoms with Crippen LogP contribution in [0.4, 0.5) is 14.5 Å². The highest BCUT2D eigenvalue weighted by atomic mass is 19.1. The number of likely N-dealkylation sites (N-methyl/N-ethyl adjacent to an activating group) is 2. The standard InChI is InChI=1S/C13H17F2N3O2/c1-3-17-12(19)7-18(4-2)13(20)8-5-11(16)10(15)6-9(8)14/h5-6H,3-4,7,16H2,1-2H3,(H,17,19). The Hall–Kier alpha value is -2.18. The monoisotopic (exact) mass is 285 g/mol. The number of hydrogen-bond donors (Lipinski definition) is 2. The van der Waals surface area contributed by atoms with E-state index in [9.17, 15) is 18.4 Å². The maximum absolute atomic E-state index is 13.6. The van der Waals surface area contributed by atoms with E-state index >= 15 is 0 Å². The molecule has 3 N–H and O–H groups in total. The molecule has 1 aromatic carbocycles. The quantitative estimate of drug-likeness (QED) is 0.797. The van der Waals surface area contributed by atoms with Crippen LogP contribution < -0.4 is 11.1 Å². The van der Waals surface area contributed by atoms with Crippen molar-refractivity contribution in [2.24, 2.45) is 0 Å². The van der Waals surface area contributed by atoms with Crippen LogP contribution in [-0.4, -0.2) is 36.3 Å². The summed E-state index contributed by atoms with van der Waals surface area (Å²) in [6.07, 6.45) is 0. The van der Waals surface area contributed by atoms with Gasteiger partial charge in [-0.05, 0) is 19.9 Å². The van der Waals surface area contributed by atoms with Crippen molar-refractivity contribution in [3.8, 4) is 0 Å². The average molecular weight is 285 g/mol. The molecule has 2 amide bonds. The van der Waals surface area contributed by atoms with Gasteiger partial charge in [0.25, 0.3) is 5.91 Å². The van der Waals surface area contributed by atoms with Crippen molar-refractivity contribution < 1.29 is 18.4 Å². The molecule has 0 fully saturated rings. The molecule has 0 saturated carbocycles. The number of anilines is 1. The van der Waals surface area contributed by atoms with E-state index in [4.69, 9.17) is 5.73 Å². The first-order chi connectivity index (χ1) is 9.40. The Kier molecular flexibility index (Phi) is 5.42. The van der Waals surface area contributed by atoms with Crippen molar-refractivity contribution in [2.75, 3.05) is 25.4 Å². The number of carbonyl (C=O) groups excluding carboxylic acids is 2. The zero-order valence-electron chi connectivity index (χ0n) is 11.4. The van der Waals surface area contributed by atoms with Crippen LogP contribution in [0.5, 0.6) is 0 Å². The Labute approximate surface area is 115 Å². The molecular formula is C13H17F2N3O2. The normalized spacial score (nSPS) is 10.2. The van der Waals surface area contributed by atoms with Gasteiger partial charge in [0.05, 0.1) is 17.8 Å². The summed E-state index contributed by atoms with van der Waals surface area (Å²) >= 11 is 0. The minimum atomic E-state index is -1.00. The van der Waals surface area contributed by atoms with E-state index in [0.717, 1.165) is 11.0 Å². The molecule has 0 spiro atoms. The van der Waals surface area contributed by atoms with Crippen molar-refractivity contribution in [2.45, 2.75) is 13.8 Å². The SMILES string of the molecule is CCNC(=O)CN(CC)C(=O)c1cc(N)c(F)cc1F. The van der Waals surface area contributed by atoms with Crippen LogP contribution in [0.3, 0.4) is 0 Å². The Morgan fingerprint density at radius 2 is 1.90 bits per heavy atom. The number of nitrogens with zero attached hydrogens (tertiary/aromatic N) is 1. The van der Waals surface area contributed by atoms with Crippen molar-refractivity contribution in [1.82, 2.24) is 10.2 Å². The minimum absolute atomic E-state index is 0.195. The Morgan fingerprint density at radius 1 is 1.25 bits per heavy atom. The average Bonchev–Trinajstić information content (AvgIpc) is 2.39. The van der Waals surface area contributed by atoms with E-state index in [0.29, 0.717) is 12.6 Å². The lowest BCUT2D eigenvalue weighted by atomic mass is 10.1. The van der Waals surface area contributed by atoms with E-state index in [-0.39, 0.29) is 30.2 Å². The second-order valence-electron chi connectivity index (χ2n) is 4.13. The van der Waals surface area contributed by atoms with Gasteiger partial charge < -0.3 is 16.0 Å². The molecule has 0 heterocycles. The van der Waals surface area contributed by atoms with Crippen LogP contribution in [-0.2, 0) is 4.79 Å². The van der Waals surface area contributed by atoms with Crippen LogP contribution in [0.15, 0.2) is 12.1 Å². The fourth-order valence-corrected chi connectivity index (χ4v) is 1.65. The number of hydrogen-bond acceptors (Lipinski definition) is 3. The number of nitrogens with one attached hydrogen (secondary N) is 1. The van der Waals surface area contributed by atoms with Crippen molar-refractivity contribution >= 4 is 17.5 Å². The maximum atomic E-state index is 13.6. The number of nitrogens with two attached hydrogens (primary N) is 1. The summed E-state index contributed by atoms with van der Waals surface area (Å²) in [4.78, 5) is 24.8. The third kappa shape index (κ3) is 3.66. The summed E-state index contributed by atoms with van der Waals surface area (Å²) in [5, 5.41) is 2.54. The van der Waals surface area contributed by atoms with Gasteiger partial charge in [-0.15, -0.1) is 0 Å². The van der Waals surface area contributed by atoms with Crippen LogP contribution in [0.25, 0.3) is 0 Å². The largest absolute Gasteiger partial charge is 0.396 e. The van der Waals surface area contributed by atoms with Gasteiger partial charge in [-0.2, -0.15) is 0 Å². The zero-order chi connectivity index (χ0) is 15.3. The third-order valence-corrected chi connectivity index (χ3v) is 2.69. The molecular weight excluding hydrogens is 268 g/mol. The lowest BCUT2D eigenvalue weighted by Gasteiger charge is -2.20. The molecule has 0 aliphatic carbocycles. The summed E-state index contributed by atoms with van der Waals surface area (Å²) < 4.78 is 26.7. The Bertz CT molecular complexity index is 521. The molecule has 0 radical (unpaired) electrons. The molecule has 5 nitrogen and oxygen atoms in total. The fraction of sp³-hybridized carbons (Fsp3) is 0.385. The van der Waals surface area contributed by atoms with Crippen molar-refractivity contribution in [1.29, 1.82) is 0 Å². The zero-order valence-corrected chi connectivity index (χ0v) is 11.4. The first-order valence-electron chi connectivity index (χ1n) is 6.21. The number of halogens is 2. The van der Waals surface area contributed by atoms with Gasteiger partial charge in [0, 0.05) is 19.2 Å². The van der Waals surface area contributed by atoms with Gasteiger partial charge in [-0.3, -0.25) is 9.59 Å². The van der Waals surface area contributed by atoms with Gasteiger partial charge in [-0.25, -0.2) is 8.78 Å².